The molecule has 2 N–H and O–H groups in total. The van der Waals surface area contributed by atoms with Gasteiger partial charge in [-0.25, -0.2) is 4.79 Å². The highest BCUT2D eigenvalue weighted by molar-refractivity contribution is 5.77. The number of amides is 2. The Bertz CT molecular complexity index is 598. The van der Waals surface area contributed by atoms with Crippen LogP contribution in [0.4, 0.5) is 4.79 Å². The Labute approximate surface area is 187 Å². The molecule has 1 unspecified atom stereocenters. The molecule has 4 bridgehead atoms. The lowest BCUT2D eigenvalue weighted by atomic mass is 9.53. The summed E-state index contributed by atoms with van der Waals surface area (Å²) in [4.78, 5) is 35.7. The first-order valence-corrected chi connectivity index (χ1v) is 12.6. The van der Waals surface area contributed by atoms with Crippen molar-refractivity contribution < 1.29 is 19.1 Å². The van der Waals surface area contributed by atoms with E-state index in [9.17, 15) is 14.4 Å². The first-order chi connectivity index (χ1) is 14.9. The number of urea groups is 1. The van der Waals surface area contributed by atoms with Gasteiger partial charge in [-0.05, 0) is 88.9 Å². The Morgan fingerprint density at radius 1 is 0.935 bits per heavy atom. The molecule has 4 aliphatic carbocycles. The van der Waals surface area contributed by atoms with Crippen molar-refractivity contribution in [1.29, 1.82) is 0 Å². The van der Waals surface area contributed by atoms with Crippen molar-refractivity contribution in [2.24, 2.45) is 17.8 Å². The second-order valence-electron chi connectivity index (χ2n) is 10.5. The van der Waals surface area contributed by atoms with E-state index in [0.29, 0.717) is 38.0 Å². The van der Waals surface area contributed by atoms with Gasteiger partial charge < -0.3 is 15.4 Å². The zero-order chi connectivity index (χ0) is 22.3. The fraction of sp³-hybridized carbons (Fsp3) is 0.880. The van der Waals surface area contributed by atoms with Gasteiger partial charge in [0.15, 0.2) is 0 Å². The van der Waals surface area contributed by atoms with Gasteiger partial charge in [0.1, 0.15) is 5.78 Å². The summed E-state index contributed by atoms with van der Waals surface area (Å²) in [6, 6.07) is -0.0785. The van der Waals surface area contributed by atoms with Gasteiger partial charge in [0.25, 0.3) is 0 Å². The molecule has 0 radical (unpaired) electrons. The van der Waals surface area contributed by atoms with Gasteiger partial charge in [-0.1, -0.05) is 13.3 Å². The Hall–Kier alpha value is -1.59. The van der Waals surface area contributed by atoms with Gasteiger partial charge >= 0.3 is 12.0 Å². The van der Waals surface area contributed by atoms with Crippen molar-refractivity contribution in [1.82, 2.24) is 10.6 Å². The molecule has 1 atom stereocenters. The summed E-state index contributed by atoms with van der Waals surface area (Å²) in [5.74, 6) is 2.54. The maximum atomic E-state index is 12.4. The van der Waals surface area contributed by atoms with Crippen LogP contribution < -0.4 is 10.6 Å². The van der Waals surface area contributed by atoms with Gasteiger partial charge in [0.2, 0.25) is 0 Å². The van der Waals surface area contributed by atoms with Crippen LogP contribution >= 0.6 is 0 Å². The van der Waals surface area contributed by atoms with E-state index in [1.165, 1.54) is 19.3 Å². The fourth-order valence-electron chi connectivity index (χ4n) is 6.43. The van der Waals surface area contributed by atoms with Crippen molar-refractivity contribution in [2.45, 2.75) is 115 Å². The number of ketones is 1. The molecule has 0 spiro atoms. The highest BCUT2D eigenvalue weighted by Gasteiger charge is 2.51. The number of unbranched alkanes of at least 4 members (excludes halogenated alkanes) is 2. The van der Waals surface area contributed by atoms with E-state index >= 15 is 0 Å². The van der Waals surface area contributed by atoms with Gasteiger partial charge in [-0.3, -0.25) is 9.59 Å². The number of nitrogens with one attached hydrogen (secondary N) is 2. The normalized spacial score (nSPS) is 29.4. The first-order valence-electron chi connectivity index (χ1n) is 12.6. The minimum atomic E-state index is -0.197. The number of rotatable bonds is 13. The van der Waals surface area contributed by atoms with Crippen LogP contribution in [-0.2, 0) is 14.3 Å². The van der Waals surface area contributed by atoms with Gasteiger partial charge in [0, 0.05) is 31.3 Å². The van der Waals surface area contributed by atoms with E-state index in [1.807, 2.05) is 13.8 Å². The maximum absolute atomic E-state index is 12.4. The zero-order valence-corrected chi connectivity index (χ0v) is 19.5. The maximum Gasteiger partial charge on any atom is 0.315 e. The molecule has 176 valence electrons. The van der Waals surface area contributed by atoms with Crippen LogP contribution in [0.5, 0.6) is 0 Å². The van der Waals surface area contributed by atoms with Crippen LogP contribution in [0.15, 0.2) is 0 Å². The topological polar surface area (TPSA) is 84.5 Å². The minimum absolute atomic E-state index is 0.0248. The molecular formula is C25H42N2O4. The molecule has 0 aliphatic heterocycles. The molecule has 0 aromatic heterocycles. The van der Waals surface area contributed by atoms with Crippen molar-refractivity contribution in [3.05, 3.63) is 0 Å². The quantitative estimate of drug-likeness (QED) is 0.319. The van der Waals surface area contributed by atoms with Gasteiger partial charge in [-0.2, -0.15) is 0 Å². The Balaban J connectivity index is 1.21. The standard InChI is InChI=1S/C25H42N2O4/c1-3-22(28)9-6-4-5-8-18(2)31-23(29)10-7-11-26-24(30)27-25-15-19-12-20(16-25)14-21(13-19)17-25/h18-21H,3-17H2,1-2H3,(H2,26,27,30). The SMILES string of the molecule is CCC(=O)CCCCCC(C)OC(=O)CCCNC(=O)NC12CC3CC(CC(C3)C1)C2. The number of Topliss-reactive ketones (excluding diaryl/α,β-unsaturated/α-hetero) is 1. The number of esters is 1. The molecule has 0 aromatic rings. The van der Waals surface area contributed by atoms with Crippen LogP contribution in [-0.4, -0.2) is 36.0 Å². The molecule has 2 amide bonds. The molecule has 0 saturated heterocycles. The van der Waals surface area contributed by atoms with E-state index in [2.05, 4.69) is 10.6 Å². The Kier molecular flexibility index (Phi) is 8.79. The number of carbonyl (C=O) groups is 3. The Morgan fingerprint density at radius 2 is 1.58 bits per heavy atom. The predicted octanol–water partition coefficient (Wildman–Crippen LogP) is 4.90. The number of hydrogen-bond acceptors (Lipinski definition) is 4. The lowest BCUT2D eigenvalue weighted by molar-refractivity contribution is -0.148. The smallest absolute Gasteiger partial charge is 0.315 e. The van der Waals surface area contributed by atoms with Crippen molar-refractivity contribution in [2.75, 3.05) is 6.54 Å². The van der Waals surface area contributed by atoms with E-state index < -0.39 is 0 Å². The van der Waals surface area contributed by atoms with Crippen molar-refractivity contribution in [3.63, 3.8) is 0 Å². The van der Waals surface area contributed by atoms with Gasteiger partial charge in [-0.15, -0.1) is 0 Å². The van der Waals surface area contributed by atoms with Crippen LogP contribution in [0.1, 0.15) is 104 Å². The summed E-state index contributed by atoms with van der Waals surface area (Å²) in [5, 5.41) is 6.24. The number of carbonyl (C=O) groups excluding carboxylic acids is 3. The average Bonchev–Trinajstić information content (AvgIpc) is 2.69. The summed E-state index contributed by atoms with van der Waals surface area (Å²) in [5.41, 5.74) is 0.0248. The highest BCUT2D eigenvalue weighted by Crippen LogP contribution is 2.55. The lowest BCUT2D eigenvalue weighted by Crippen LogP contribution is -2.61. The predicted molar refractivity (Wildman–Crippen MR) is 121 cm³/mol. The number of hydrogen-bond donors (Lipinski definition) is 2. The average molecular weight is 435 g/mol. The monoisotopic (exact) mass is 434 g/mol. The molecule has 4 saturated carbocycles. The van der Waals surface area contributed by atoms with E-state index in [-0.39, 0.29) is 23.6 Å². The fourth-order valence-corrected chi connectivity index (χ4v) is 6.43. The first kappa shape index (κ1) is 24.1. The van der Waals surface area contributed by atoms with Crippen LogP contribution in [0.25, 0.3) is 0 Å². The minimum Gasteiger partial charge on any atom is -0.463 e. The Morgan fingerprint density at radius 3 is 2.19 bits per heavy atom. The molecule has 6 heteroatoms. The second kappa shape index (κ2) is 11.3. The van der Waals surface area contributed by atoms with E-state index in [4.69, 9.17) is 4.74 Å². The third kappa shape index (κ3) is 7.50. The molecule has 4 fully saturated rings. The molecule has 4 aliphatic rings. The number of ether oxygens (including phenoxy) is 1. The van der Waals surface area contributed by atoms with E-state index in [1.54, 1.807) is 0 Å². The summed E-state index contributed by atoms with van der Waals surface area (Å²) in [6.07, 6.45) is 13.3. The third-order valence-electron chi connectivity index (χ3n) is 7.55. The summed E-state index contributed by atoms with van der Waals surface area (Å²) < 4.78 is 5.46. The lowest BCUT2D eigenvalue weighted by Gasteiger charge is -2.56. The summed E-state index contributed by atoms with van der Waals surface area (Å²) >= 11 is 0. The molecule has 4 rings (SSSR count). The van der Waals surface area contributed by atoms with E-state index in [0.717, 1.165) is 62.7 Å². The van der Waals surface area contributed by atoms with Crippen LogP contribution in [0, 0.1) is 17.8 Å². The second-order valence-corrected chi connectivity index (χ2v) is 10.5. The van der Waals surface area contributed by atoms with Crippen LogP contribution in [0.2, 0.25) is 0 Å². The van der Waals surface area contributed by atoms with Crippen molar-refractivity contribution in [3.8, 4) is 0 Å². The van der Waals surface area contributed by atoms with Crippen LogP contribution in [0.3, 0.4) is 0 Å². The molecular weight excluding hydrogens is 392 g/mol. The highest BCUT2D eigenvalue weighted by atomic mass is 16.5. The zero-order valence-electron chi connectivity index (χ0n) is 19.5. The largest absolute Gasteiger partial charge is 0.463 e. The van der Waals surface area contributed by atoms with Gasteiger partial charge in [0.05, 0.1) is 6.10 Å². The molecule has 0 aromatic carbocycles. The molecule has 6 nitrogen and oxygen atoms in total. The molecule has 31 heavy (non-hydrogen) atoms. The summed E-state index contributed by atoms with van der Waals surface area (Å²) in [7, 11) is 0. The summed E-state index contributed by atoms with van der Waals surface area (Å²) in [6.45, 7) is 4.31. The molecule has 0 heterocycles. The van der Waals surface area contributed by atoms with Crippen molar-refractivity contribution >= 4 is 17.8 Å². The third-order valence-corrected chi connectivity index (χ3v) is 7.55.